The van der Waals surface area contributed by atoms with E-state index in [0.717, 1.165) is 5.56 Å². The second kappa shape index (κ2) is 9.31. The van der Waals surface area contributed by atoms with Crippen LogP contribution >= 0.6 is 12.2 Å². The van der Waals surface area contributed by atoms with Gasteiger partial charge in [0.1, 0.15) is 0 Å². The highest BCUT2D eigenvalue weighted by atomic mass is 32.1. The Morgan fingerprint density at radius 1 is 1.00 bits per heavy atom. The molecule has 7 nitrogen and oxygen atoms in total. The van der Waals surface area contributed by atoms with Gasteiger partial charge in [-0.2, -0.15) is 0 Å². The first-order chi connectivity index (χ1) is 11.6. The van der Waals surface area contributed by atoms with E-state index in [9.17, 15) is 9.59 Å². The first-order valence-corrected chi connectivity index (χ1v) is 7.74. The zero-order chi connectivity index (χ0) is 17.2. The smallest absolute Gasteiger partial charge is 0.286 e. The van der Waals surface area contributed by atoms with Crippen molar-refractivity contribution < 1.29 is 14.0 Å². The average Bonchev–Trinajstić information content (AvgIpc) is 3.13. The molecular weight excluding hydrogens is 328 g/mol. The maximum Gasteiger partial charge on any atom is 0.286 e. The van der Waals surface area contributed by atoms with Crippen LogP contribution in [0.25, 0.3) is 0 Å². The van der Waals surface area contributed by atoms with Crippen molar-refractivity contribution in [1.29, 1.82) is 0 Å². The largest absolute Gasteiger partial charge is 0.459 e. The fourth-order valence-electron chi connectivity index (χ4n) is 1.80. The van der Waals surface area contributed by atoms with Crippen molar-refractivity contribution in [3.63, 3.8) is 0 Å². The third-order valence-electron chi connectivity index (χ3n) is 2.99. The number of amides is 2. The normalized spacial score (nSPS) is 9.83. The average molecular weight is 346 g/mol. The highest BCUT2D eigenvalue weighted by molar-refractivity contribution is 7.80. The third kappa shape index (κ3) is 6.09. The molecule has 0 atom stereocenters. The SMILES string of the molecule is O=C(CCNC(=O)c1ccco1)NNC(=S)NCc1ccccc1. The van der Waals surface area contributed by atoms with E-state index in [1.165, 1.54) is 6.26 Å². The van der Waals surface area contributed by atoms with Gasteiger partial charge in [0.05, 0.1) is 6.26 Å². The standard InChI is InChI=1S/C16H18N4O3S/c21-14(8-9-17-15(22)13-7-4-10-23-13)19-20-16(24)18-11-12-5-2-1-3-6-12/h1-7,10H,8-9,11H2,(H,17,22)(H,19,21)(H2,18,20,24). The first kappa shape index (κ1) is 17.5. The lowest BCUT2D eigenvalue weighted by molar-refractivity contribution is -0.121. The molecule has 0 radical (unpaired) electrons. The molecule has 8 heteroatoms. The van der Waals surface area contributed by atoms with Gasteiger partial charge < -0.3 is 15.1 Å². The molecule has 0 aliphatic carbocycles. The Labute approximate surface area is 144 Å². The van der Waals surface area contributed by atoms with E-state index in [0.29, 0.717) is 11.7 Å². The molecule has 0 unspecified atom stereocenters. The van der Waals surface area contributed by atoms with Gasteiger partial charge in [-0.15, -0.1) is 0 Å². The van der Waals surface area contributed by atoms with E-state index < -0.39 is 0 Å². The Morgan fingerprint density at radius 2 is 1.79 bits per heavy atom. The first-order valence-electron chi connectivity index (χ1n) is 7.33. The Bertz CT molecular complexity index is 674. The second-order valence-electron chi connectivity index (χ2n) is 4.82. The monoisotopic (exact) mass is 346 g/mol. The number of hydrogen-bond donors (Lipinski definition) is 4. The van der Waals surface area contributed by atoms with Crippen LogP contribution in [0.4, 0.5) is 0 Å². The predicted molar refractivity (Wildman–Crippen MR) is 92.8 cm³/mol. The third-order valence-corrected chi connectivity index (χ3v) is 3.24. The van der Waals surface area contributed by atoms with Crippen LogP contribution in [-0.4, -0.2) is 23.5 Å². The lowest BCUT2D eigenvalue weighted by Gasteiger charge is -2.11. The molecule has 1 aromatic carbocycles. The molecule has 0 aliphatic heterocycles. The number of rotatable bonds is 6. The van der Waals surface area contributed by atoms with Gasteiger partial charge in [-0.05, 0) is 29.9 Å². The van der Waals surface area contributed by atoms with Crippen LogP contribution in [0.1, 0.15) is 22.5 Å². The zero-order valence-electron chi connectivity index (χ0n) is 12.9. The zero-order valence-corrected chi connectivity index (χ0v) is 13.7. The quantitative estimate of drug-likeness (QED) is 0.462. The topological polar surface area (TPSA) is 95.4 Å². The van der Waals surface area contributed by atoms with Gasteiger partial charge in [-0.3, -0.25) is 20.4 Å². The summed E-state index contributed by atoms with van der Waals surface area (Å²) in [5, 5.41) is 5.86. The van der Waals surface area contributed by atoms with Crippen LogP contribution in [0.2, 0.25) is 0 Å². The molecule has 1 aromatic heterocycles. The van der Waals surface area contributed by atoms with Gasteiger partial charge in [-0.25, -0.2) is 0 Å². The molecule has 2 rings (SSSR count). The molecule has 1 heterocycles. The summed E-state index contributed by atoms with van der Waals surface area (Å²) in [4.78, 5) is 23.2. The van der Waals surface area contributed by atoms with Crippen LogP contribution in [-0.2, 0) is 11.3 Å². The van der Waals surface area contributed by atoms with Crippen molar-refractivity contribution in [2.45, 2.75) is 13.0 Å². The van der Waals surface area contributed by atoms with Crippen molar-refractivity contribution in [2.24, 2.45) is 0 Å². The molecular formula is C16H18N4O3S. The molecule has 0 saturated heterocycles. The summed E-state index contributed by atoms with van der Waals surface area (Å²) in [5.41, 5.74) is 6.15. The minimum atomic E-state index is -0.360. The Balaban J connectivity index is 1.57. The van der Waals surface area contributed by atoms with Crippen molar-refractivity contribution in [3.8, 4) is 0 Å². The molecule has 0 bridgehead atoms. The molecule has 0 spiro atoms. The van der Waals surface area contributed by atoms with Gasteiger partial charge in [0.15, 0.2) is 10.9 Å². The Morgan fingerprint density at radius 3 is 2.50 bits per heavy atom. The number of carbonyl (C=O) groups excluding carboxylic acids is 2. The maximum absolute atomic E-state index is 11.7. The van der Waals surface area contributed by atoms with Crippen LogP contribution in [0.5, 0.6) is 0 Å². The molecule has 24 heavy (non-hydrogen) atoms. The number of nitrogens with one attached hydrogen (secondary N) is 4. The minimum Gasteiger partial charge on any atom is -0.459 e. The van der Waals surface area contributed by atoms with Crippen LogP contribution in [0.3, 0.4) is 0 Å². The van der Waals surface area contributed by atoms with Gasteiger partial charge >= 0.3 is 0 Å². The number of carbonyl (C=O) groups is 2. The molecule has 0 fully saturated rings. The molecule has 0 aliphatic rings. The molecule has 126 valence electrons. The predicted octanol–water partition coefficient (Wildman–Crippen LogP) is 1.09. The maximum atomic E-state index is 11.7. The summed E-state index contributed by atoms with van der Waals surface area (Å²) in [6.07, 6.45) is 1.52. The Hall–Kier alpha value is -2.87. The second-order valence-corrected chi connectivity index (χ2v) is 5.23. The number of hydrazine groups is 1. The lowest BCUT2D eigenvalue weighted by atomic mass is 10.2. The fraction of sp³-hybridized carbons (Fsp3) is 0.188. The van der Waals surface area contributed by atoms with E-state index in [4.69, 9.17) is 16.6 Å². The summed E-state index contributed by atoms with van der Waals surface area (Å²) in [6, 6.07) is 12.9. The number of benzene rings is 1. The van der Waals surface area contributed by atoms with E-state index >= 15 is 0 Å². The van der Waals surface area contributed by atoms with Gasteiger partial charge in [0.2, 0.25) is 5.91 Å². The van der Waals surface area contributed by atoms with Gasteiger partial charge in [0.25, 0.3) is 5.91 Å². The highest BCUT2D eigenvalue weighted by Gasteiger charge is 2.08. The van der Waals surface area contributed by atoms with Crippen LogP contribution in [0, 0.1) is 0 Å². The van der Waals surface area contributed by atoms with Gasteiger partial charge in [0, 0.05) is 19.5 Å². The van der Waals surface area contributed by atoms with Crippen molar-refractivity contribution in [3.05, 3.63) is 60.1 Å². The summed E-state index contributed by atoms with van der Waals surface area (Å²) >= 11 is 5.06. The van der Waals surface area contributed by atoms with E-state index in [1.807, 2.05) is 30.3 Å². The highest BCUT2D eigenvalue weighted by Crippen LogP contribution is 1.99. The van der Waals surface area contributed by atoms with E-state index in [2.05, 4.69) is 21.5 Å². The van der Waals surface area contributed by atoms with Crippen molar-refractivity contribution in [2.75, 3.05) is 6.54 Å². The summed E-state index contributed by atoms with van der Waals surface area (Å²) < 4.78 is 4.94. The Kier molecular flexibility index (Phi) is 6.78. The van der Waals surface area contributed by atoms with Gasteiger partial charge in [-0.1, -0.05) is 30.3 Å². The summed E-state index contributed by atoms with van der Waals surface area (Å²) in [6.45, 7) is 0.749. The summed E-state index contributed by atoms with van der Waals surface area (Å²) in [7, 11) is 0. The van der Waals surface area contributed by atoms with Crippen LogP contribution < -0.4 is 21.5 Å². The molecule has 2 amide bonds. The van der Waals surface area contributed by atoms with E-state index in [1.54, 1.807) is 12.1 Å². The molecule has 2 aromatic rings. The number of thiocarbonyl (C=S) groups is 1. The summed E-state index contributed by atoms with van der Waals surface area (Å²) in [5.74, 6) is -0.445. The molecule has 0 saturated carbocycles. The van der Waals surface area contributed by atoms with E-state index in [-0.39, 0.29) is 30.5 Å². The van der Waals surface area contributed by atoms with Crippen molar-refractivity contribution >= 4 is 29.1 Å². The van der Waals surface area contributed by atoms with Crippen LogP contribution in [0.15, 0.2) is 53.1 Å². The lowest BCUT2D eigenvalue weighted by Crippen LogP contribution is -2.47. The van der Waals surface area contributed by atoms with Crippen molar-refractivity contribution in [1.82, 2.24) is 21.5 Å². The fourth-order valence-corrected chi connectivity index (χ4v) is 1.92. The molecule has 4 N–H and O–H groups in total. The number of hydrogen-bond acceptors (Lipinski definition) is 4. The minimum absolute atomic E-state index is 0.112. The number of furan rings is 1.